The zero-order valence-corrected chi connectivity index (χ0v) is 11.8. The van der Waals surface area contributed by atoms with Crippen LogP contribution in [0.25, 0.3) is 10.9 Å². The van der Waals surface area contributed by atoms with Crippen molar-refractivity contribution in [1.29, 1.82) is 0 Å². The van der Waals surface area contributed by atoms with Gasteiger partial charge >= 0.3 is 0 Å². The summed E-state index contributed by atoms with van der Waals surface area (Å²) in [6, 6.07) is 18.8. The second-order valence-corrected chi connectivity index (χ2v) is 5.53. The number of para-hydroxylation sites is 1. The molecule has 0 aliphatic heterocycles. The third kappa shape index (κ3) is 2.27. The summed E-state index contributed by atoms with van der Waals surface area (Å²) < 4.78 is 6.33. The quantitative estimate of drug-likeness (QED) is 0.676. The topological polar surface area (TPSA) is 22.1 Å². The number of hydrogen-bond acceptors (Lipinski definition) is 2. The molecular weight excluding hydrogens is 258 g/mol. The predicted octanol–water partition coefficient (Wildman–Crippen LogP) is 4.69. The molecule has 0 bridgehead atoms. The lowest BCUT2D eigenvalue weighted by molar-refractivity contribution is 0.185. The van der Waals surface area contributed by atoms with Gasteiger partial charge in [0.05, 0.1) is 0 Å². The van der Waals surface area contributed by atoms with Crippen LogP contribution in [0.1, 0.15) is 30.1 Å². The highest BCUT2D eigenvalue weighted by Gasteiger charge is 2.21. The van der Waals surface area contributed by atoms with Crippen LogP contribution in [-0.2, 0) is 6.42 Å². The predicted molar refractivity (Wildman–Crippen MR) is 84.5 cm³/mol. The fraction of sp³-hybridized carbons (Fsp3) is 0.211. The summed E-state index contributed by atoms with van der Waals surface area (Å²) in [6.45, 7) is 0. The van der Waals surface area contributed by atoms with Gasteiger partial charge in [0.25, 0.3) is 0 Å². The molecule has 1 heterocycles. The minimum atomic E-state index is 0.141. The molecule has 0 saturated heterocycles. The van der Waals surface area contributed by atoms with E-state index in [9.17, 15) is 0 Å². The zero-order valence-electron chi connectivity index (χ0n) is 11.8. The third-order valence-corrected chi connectivity index (χ3v) is 4.18. The Balaban J connectivity index is 1.73. The molecule has 0 spiro atoms. The van der Waals surface area contributed by atoms with Gasteiger partial charge in [0.1, 0.15) is 17.4 Å². The zero-order chi connectivity index (χ0) is 14.1. The SMILES string of the molecule is c1ccc2c(c1)CCCC2Oc1cccc2cccnc12. The van der Waals surface area contributed by atoms with Gasteiger partial charge in [-0.05, 0) is 42.5 Å². The highest BCUT2D eigenvalue weighted by Crippen LogP contribution is 2.35. The highest BCUT2D eigenvalue weighted by molar-refractivity contribution is 5.84. The first kappa shape index (κ1) is 12.4. The fourth-order valence-corrected chi connectivity index (χ4v) is 3.16. The van der Waals surface area contributed by atoms with Gasteiger partial charge < -0.3 is 4.74 Å². The Hall–Kier alpha value is -2.35. The Morgan fingerprint density at radius 2 is 1.86 bits per heavy atom. The first-order valence-corrected chi connectivity index (χ1v) is 7.50. The van der Waals surface area contributed by atoms with E-state index in [1.807, 2.05) is 24.4 Å². The molecule has 1 aliphatic carbocycles. The van der Waals surface area contributed by atoms with Gasteiger partial charge in [0.15, 0.2) is 0 Å². The molecular formula is C19H17NO. The summed E-state index contributed by atoms with van der Waals surface area (Å²) in [4.78, 5) is 4.48. The maximum Gasteiger partial charge on any atom is 0.146 e. The van der Waals surface area contributed by atoms with E-state index in [1.54, 1.807) is 0 Å². The van der Waals surface area contributed by atoms with Crippen molar-refractivity contribution in [3.05, 3.63) is 71.9 Å². The van der Waals surface area contributed by atoms with Gasteiger partial charge in [-0.3, -0.25) is 4.98 Å². The average Bonchev–Trinajstić information content (AvgIpc) is 2.56. The number of benzene rings is 2. The Labute approximate surface area is 124 Å². The minimum absolute atomic E-state index is 0.141. The van der Waals surface area contributed by atoms with Crippen molar-refractivity contribution in [2.75, 3.05) is 0 Å². The Kier molecular flexibility index (Phi) is 3.07. The van der Waals surface area contributed by atoms with E-state index in [2.05, 4.69) is 41.4 Å². The number of hydrogen-bond donors (Lipinski definition) is 0. The van der Waals surface area contributed by atoms with E-state index >= 15 is 0 Å². The molecule has 0 saturated carbocycles. The van der Waals surface area contributed by atoms with Gasteiger partial charge in [-0.1, -0.05) is 42.5 Å². The second kappa shape index (κ2) is 5.21. The van der Waals surface area contributed by atoms with Gasteiger partial charge in [0.2, 0.25) is 0 Å². The van der Waals surface area contributed by atoms with Crippen molar-refractivity contribution < 1.29 is 4.74 Å². The molecule has 0 amide bonds. The Morgan fingerprint density at radius 1 is 0.952 bits per heavy atom. The number of aromatic nitrogens is 1. The van der Waals surface area contributed by atoms with Crippen LogP contribution in [0, 0.1) is 0 Å². The summed E-state index contributed by atoms with van der Waals surface area (Å²) in [5.41, 5.74) is 3.70. The van der Waals surface area contributed by atoms with Crippen molar-refractivity contribution in [2.24, 2.45) is 0 Å². The molecule has 2 nitrogen and oxygen atoms in total. The van der Waals surface area contributed by atoms with Crippen molar-refractivity contribution in [1.82, 2.24) is 4.98 Å². The summed E-state index contributed by atoms with van der Waals surface area (Å²) in [5.74, 6) is 0.884. The van der Waals surface area contributed by atoms with Crippen molar-refractivity contribution >= 4 is 10.9 Å². The molecule has 4 rings (SSSR count). The van der Waals surface area contributed by atoms with Crippen molar-refractivity contribution in [3.63, 3.8) is 0 Å². The Bertz CT molecular complexity index is 776. The van der Waals surface area contributed by atoms with Crippen LogP contribution in [-0.4, -0.2) is 4.98 Å². The van der Waals surface area contributed by atoms with Crippen LogP contribution >= 0.6 is 0 Å². The van der Waals surface area contributed by atoms with E-state index in [4.69, 9.17) is 4.74 Å². The van der Waals surface area contributed by atoms with E-state index in [1.165, 1.54) is 17.5 Å². The standard InChI is InChI=1S/C19H17NO/c1-2-10-16-14(6-1)7-3-11-17(16)21-18-12-4-8-15-9-5-13-20-19(15)18/h1-2,4-6,8-10,12-13,17H,3,7,11H2. The summed E-state index contributed by atoms with van der Waals surface area (Å²) in [7, 11) is 0. The second-order valence-electron chi connectivity index (χ2n) is 5.53. The molecule has 104 valence electrons. The normalized spacial score (nSPS) is 17.4. The number of nitrogens with zero attached hydrogens (tertiary/aromatic N) is 1. The van der Waals surface area contributed by atoms with Gasteiger partial charge in [-0.15, -0.1) is 0 Å². The van der Waals surface area contributed by atoms with E-state index in [0.717, 1.165) is 29.5 Å². The molecule has 0 N–H and O–H groups in total. The number of pyridine rings is 1. The van der Waals surface area contributed by atoms with E-state index in [0.29, 0.717) is 0 Å². The molecule has 1 aromatic heterocycles. The van der Waals surface area contributed by atoms with Crippen molar-refractivity contribution in [3.8, 4) is 5.75 Å². The largest absolute Gasteiger partial charge is 0.483 e. The smallest absolute Gasteiger partial charge is 0.146 e. The maximum atomic E-state index is 6.33. The van der Waals surface area contributed by atoms with Crippen molar-refractivity contribution in [2.45, 2.75) is 25.4 Å². The van der Waals surface area contributed by atoms with Crippen LogP contribution in [0.2, 0.25) is 0 Å². The molecule has 1 aliphatic rings. The molecule has 3 aromatic rings. The van der Waals surface area contributed by atoms with Crippen LogP contribution in [0.15, 0.2) is 60.8 Å². The number of aryl methyl sites for hydroxylation is 1. The summed E-state index contributed by atoms with van der Waals surface area (Å²) in [6.07, 6.45) is 5.37. The van der Waals surface area contributed by atoms with E-state index in [-0.39, 0.29) is 6.10 Å². The average molecular weight is 275 g/mol. The first-order valence-electron chi connectivity index (χ1n) is 7.50. The third-order valence-electron chi connectivity index (χ3n) is 4.18. The molecule has 2 aromatic carbocycles. The molecule has 1 unspecified atom stereocenters. The highest BCUT2D eigenvalue weighted by atomic mass is 16.5. The van der Waals surface area contributed by atoms with Crippen LogP contribution in [0.4, 0.5) is 0 Å². The molecule has 21 heavy (non-hydrogen) atoms. The van der Waals surface area contributed by atoms with Crippen LogP contribution < -0.4 is 4.74 Å². The monoisotopic (exact) mass is 275 g/mol. The fourth-order valence-electron chi connectivity index (χ4n) is 3.16. The molecule has 0 radical (unpaired) electrons. The van der Waals surface area contributed by atoms with Gasteiger partial charge in [0, 0.05) is 11.6 Å². The lowest BCUT2D eigenvalue weighted by atomic mass is 9.89. The van der Waals surface area contributed by atoms with Crippen LogP contribution in [0.3, 0.4) is 0 Å². The van der Waals surface area contributed by atoms with Gasteiger partial charge in [-0.2, -0.15) is 0 Å². The number of fused-ring (bicyclic) bond motifs is 2. The maximum absolute atomic E-state index is 6.33. The lowest BCUT2D eigenvalue weighted by Crippen LogP contribution is -2.15. The first-order chi connectivity index (χ1) is 10.4. The number of ether oxygens (including phenoxy) is 1. The Morgan fingerprint density at radius 3 is 2.86 bits per heavy atom. The number of rotatable bonds is 2. The minimum Gasteiger partial charge on any atom is -0.483 e. The molecule has 2 heteroatoms. The summed E-state index contributed by atoms with van der Waals surface area (Å²) in [5, 5.41) is 1.12. The van der Waals surface area contributed by atoms with E-state index < -0.39 is 0 Å². The van der Waals surface area contributed by atoms with Crippen LogP contribution in [0.5, 0.6) is 5.75 Å². The summed E-state index contributed by atoms with van der Waals surface area (Å²) >= 11 is 0. The lowest BCUT2D eigenvalue weighted by Gasteiger charge is -2.26. The van der Waals surface area contributed by atoms with Gasteiger partial charge in [-0.25, -0.2) is 0 Å². The molecule has 1 atom stereocenters. The molecule has 0 fully saturated rings.